The van der Waals surface area contributed by atoms with Crippen LogP contribution in [0.4, 0.5) is 0 Å². The number of likely N-dealkylation sites (N-methyl/N-ethyl adjacent to an activating group) is 2. The Balaban J connectivity index is 2.46. The van der Waals surface area contributed by atoms with Crippen LogP contribution in [0.2, 0.25) is 0 Å². The fourth-order valence-corrected chi connectivity index (χ4v) is 1.83. The predicted octanol–water partition coefficient (Wildman–Crippen LogP) is 1.90. The van der Waals surface area contributed by atoms with E-state index in [1.165, 1.54) is 12.0 Å². The molecule has 0 radical (unpaired) electrons. The first kappa shape index (κ1) is 13.1. The number of nitrogens with one attached hydrogen (secondary N) is 1. The van der Waals surface area contributed by atoms with Gasteiger partial charge < -0.3 is 5.32 Å². The van der Waals surface area contributed by atoms with E-state index in [1.54, 1.807) is 0 Å². The van der Waals surface area contributed by atoms with Gasteiger partial charge in [-0.1, -0.05) is 19.9 Å². The lowest BCUT2D eigenvalue weighted by Gasteiger charge is -2.27. The monoisotopic (exact) mass is 221 g/mol. The molecule has 1 atom stereocenters. The topological polar surface area (TPSA) is 28.2 Å². The smallest absolute Gasteiger partial charge is 0.0312 e. The van der Waals surface area contributed by atoms with E-state index in [0.717, 1.165) is 19.6 Å². The molecular formula is C13H23N3. The Hall–Kier alpha value is -0.930. The summed E-state index contributed by atoms with van der Waals surface area (Å²) in [5, 5.41) is 3.41. The first-order valence-electron chi connectivity index (χ1n) is 6.07. The Morgan fingerprint density at radius 3 is 2.81 bits per heavy atom. The second kappa shape index (κ2) is 7.36. The van der Waals surface area contributed by atoms with Crippen LogP contribution in [-0.4, -0.2) is 36.1 Å². The summed E-state index contributed by atoms with van der Waals surface area (Å²) in [5.41, 5.74) is 1.28. The molecule has 1 heterocycles. The normalized spacial score (nSPS) is 13.0. The Morgan fingerprint density at radius 1 is 1.44 bits per heavy atom. The highest BCUT2D eigenvalue weighted by atomic mass is 15.1. The van der Waals surface area contributed by atoms with Crippen LogP contribution < -0.4 is 5.32 Å². The van der Waals surface area contributed by atoms with Gasteiger partial charge in [-0.15, -0.1) is 0 Å². The molecule has 0 aliphatic rings. The van der Waals surface area contributed by atoms with Crippen LogP contribution in [0.15, 0.2) is 24.5 Å². The van der Waals surface area contributed by atoms with Crippen LogP contribution >= 0.6 is 0 Å². The van der Waals surface area contributed by atoms with E-state index in [4.69, 9.17) is 0 Å². The minimum Gasteiger partial charge on any atom is -0.315 e. The highest BCUT2D eigenvalue weighted by Gasteiger charge is 2.11. The van der Waals surface area contributed by atoms with Gasteiger partial charge in [-0.05, 0) is 31.6 Å². The van der Waals surface area contributed by atoms with Crippen LogP contribution in [0.5, 0.6) is 0 Å². The summed E-state index contributed by atoms with van der Waals surface area (Å²) < 4.78 is 0. The average molecular weight is 221 g/mol. The highest BCUT2D eigenvalue weighted by Crippen LogP contribution is 2.06. The quantitative estimate of drug-likeness (QED) is 0.762. The van der Waals surface area contributed by atoms with Gasteiger partial charge in [0.25, 0.3) is 0 Å². The number of rotatable bonds is 7. The number of aromatic nitrogens is 1. The van der Waals surface area contributed by atoms with Crippen molar-refractivity contribution >= 4 is 0 Å². The number of hydrogen-bond donors (Lipinski definition) is 1. The Labute approximate surface area is 98.9 Å². The molecule has 0 spiro atoms. The molecule has 0 fully saturated rings. The van der Waals surface area contributed by atoms with Gasteiger partial charge in [-0.3, -0.25) is 9.88 Å². The molecular weight excluding hydrogens is 198 g/mol. The lowest BCUT2D eigenvalue weighted by Crippen LogP contribution is -2.39. The van der Waals surface area contributed by atoms with Crippen molar-refractivity contribution in [2.24, 2.45) is 0 Å². The van der Waals surface area contributed by atoms with Crippen LogP contribution in [0, 0.1) is 0 Å². The van der Waals surface area contributed by atoms with E-state index in [2.05, 4.69) is 42.2 Å². The summed E-state index contributed by atoms with van der Waals surface area (Å²) >= 11 is 0. The number of pyridine rings is 1. The molecule has 0 aliphatic heterocycles. The molecule has 0 amide bonds. The average Bonchev–Trinajstić information content (AvgIpc) is 2.31. The van der Waals surface area contributed by atoms with Gasteiger partial charge in [-0.2, -0.15) is 0 Å². The molecule has 0 bridgehead atoms. The maximum atomic E-state index is 4.14. The van der Waals surface area contributed by atoms with E-state index in [-0.39, 0.29) is 0 Å². The molecule has 1 aromatic heterocycles. The van der Waals surface area contributed by atoms with Crippen molar-refractivity contribution < 1.29 is 0 Å². The van der Waals surface area contributed by atoms with Crippen LogP contribution in [-0.2, 0) is 6.54 Å². The molecule has 90 valence electrons. The largest absolute Gasteiger partial charge is 0.315 e. The highest BCUT2D eigenvalue weighted by molar-refractivity contribution is 5.08. The van der Waals surface area contributed by atoms with Crippen molar-refractivity contribution in [1.82, 2.24) is 15.2 Å². The van der Waals surface area contributed by atoms with Crippen molar-refractivity contribution in [2.75, 3.05) is 20.1 Å². The summed E-state index contributed by atoms with van der Waals surface area (Å²) in [6, 6.07) is 4.72. The van der Waals surface area contributed by atoms with Crippen LogP contribution in [0.25, 0.3) is 0 Å². The fraction of sp³-hybridized carbons (Fsp3) is 0.615. The van der Waals surface area contributed by atoms with E-state index in [0.29, 0.717) is 6.04 Å². The Bertz CT molecular complexity index is 274. The summed E-state index contributed by atoms with van der Waals surface area (Å²) in [6.07, 6.45) is 4.93. The molecule has 0 aliphatic carbocycles. The van der Waals surface area contributed by atoms with E-state index in [1.807, 2.05) is 18.5 Å². The van der Waals surface area contributed by atoms with Crippen molar-refractivity contribution in [3.8, 4) is 0 Å². The van der Waals surface area contributed by atoms with Gasteiger partial charge in [-0.25, -0.2) is 0 Å². The molecule has 1 aromatic rings. The fourth-order valence-electron chi connectivity index (χ4n) is 1.83. The summed E-state index contributed by atoms with van der Waals surface area (Å²) in [6.45, 7) is 7.45. The molecule has 1 rings (SSSR count). The summed E-state index contributed by atoms with van der Waals surface area (Å²) in [5.74, 6) is 0. The molecule has 3 heteroatoms. The van der Waals surface area contributed by atoms with Crippen LogP contribution in [0.3, 0.4) is 0 Å². The van der Waals surface area contributed by atoms with E-state index in [9.17, 15) is 0 Å². The number of nitrogens with zero attached hydrogens (tertiary/aromatic N) is 2. The van der Waals surface area contributed by atoms with Crippen molar-refractivity contribution in [3.05, 3.63) is 30.1 Å². The molecule has 1 N–H and O–H groups in total. The maximum Gasteiger partial charge on any atom is 0.0312 e. The third kappa shape index (κ3) is 4.29. The second-order valence-corrected chi connectivity index (χ2v) is 4.15. The predicted molar refractivity (Wildman–Crippen MR) is 68.3 cm³/mol. The molecule has 0 saturated heterocycles. The van der Waals surface area contributed by atoms with Gasteiger partial charge in [0.2, 0.25) is 0 Å². The van der Waals surface area contributed by atoms with Gasteiger partial charge in [0.05, 0.1) is 0 Å². The Morgan fingerprint density at radius 2 is 2.25 bits per heavy atom. The van der Waals surface area contributed by atoms with Crippen LogP contribution in [0.1, 0.15) is 25.8 Å². The second-order valence-electron chi connectivity index (χ2n) is 4.15. The van der Waals surface area contributed by atoms with Gasteiger partial charge >= 0.3 is 0 Å². The summed E-state index contributed by atoms with van der Waals surface area (Å²) in [7, 11) is 2.18. The van der Waals surface area contributed by atoms with Gasteiger partial charge in [0, 0.05) is 31.5 Å². The zero-order valence-electron chi connectivity index (χ0n) is 10.6. The zero-order chi connectivity index (χ0) is 11.8. The lowest BCUT2D eigenvalue weighted by molar-refractivity contribution is 0.222. The molecule has 1 unspecified atom stereocenters. The van der Waals surface area contributed by atoms with Gasteiger partial charge in [0.1, 0.15) is 0 Å². The molecule has 16 heavy (non-hydrogen) atoms. The van der Waals surface area contributed by atoms with E-state index >= 15 is 0 Å². The molecule has 0 saturated carbocycles. The van der Waals surface area contributed by atoms with E-state index < -0.39 is 0 Å². The number of hydrogen-bond acceptors (Lipinski definition) is 3. The van der Waals surface area contributed by atoms with Crippen molar-refractivity contribution in [3.63, 3.8) is 0 Å². The van der Waals surface area contributed by atoms with Crippen molar-refractivity contribution in [2.45, 2.75) is 32.9 Å². The standard InChI is InChI=1S/C13H23N3/c1-4-13(10-14-5-2)16(3)11-12-7-6-8-15-9-12/h6-9,13-14H,4-5,10-11H2,1-3H3. The third-order valence-electron chi connectivity index (χ3n) is 2.88. The molecule has 3 nitrogen and oxygen atoms in total. The lowest BCUT2D eigenvalue weighted by atomic mass is 10.1. The van der Waals surface area contributed by atoms with Crippen molar-refractivity contribution in [1.29, 1.82) is 0 Å². The van der Waals surface area contributed by atoms with Gasteiger partial charge in [0.15, 0.2) is 0 Å². The summed E-state index contributed by atoms with van der Waals surface area (Å²) in [4.78, 5) is 6.53. The molecule has 0 aromatic carbocycles. The minimum absolute atomic E-state index is 0.597. The third-order valence-corrected chi connectivity index (χ3v) is 2.88. The SMILES string of the molecule is CCNCC(CC)N(C)Cc1cccnc1. The minimum atomic E-state index is 0.597. The first-order chi connectivity index (χ1) is 7.77. The Kier molecular flexibility index (Phi) is 6.04. The zero-order valence-corrected chi connectivity index (χ0v) is 10.6. The maximum absolute atomic E-state index is 4.14. The first-order valence-corrected chi connectivity index (χ1v) is 6.07.